The highest BCUT2D eigenvalue weighted by Gasteiger charge is 2.22. The first kappa shape index (κ1) is 11.3. The molecule has 0 unspecified atom stereocenters. The Balaban J connectivity index is 3.58. The van der Waals surface area contributed by atoms with Gasteiger partial charge in [-0.15, -0.1) is 0 Å². The lowest BCUT2D eigenvalue weighted by molar-refractivity contribution is -0.385. The van der Waals surface area contributed by atoms with E-state index in [1.165, 1.54) is 6.07 Å². The number of carbonyl (C=O) groups excluding carboxylic acids is 2. The number of nitro groups is 1. The quantitative estimate of drug-likeness (QED) is 0.343. The average molecular weight is 228 g/mol. The summed E-state index contributed by atoms with van der Waals surface area (Å²) >= 11 is 5.70. The Kier molecular flexibility index (Phi) is 3.16. The maximum absolute atomic E-state index is 11.2. The van der Waals surface area contributed by atoms with Gasteiger partial charge >= 0.3 is 0 Å². The van der Waals surface area contributed by atoms with Crippen LogP contribution in [0.25, 0.3) is 0 Å². The van der Waals surface area contributed by atoms with Crippen molar-refractivity contribution in [2.45, 2.75) is 6.92 Å². The Morgan fingerprint density at radius 2 is 2.13 bits per heavy atom. The van der Waals surface area contributed by atoms with Gasteiger partial charge < -0.3 is 0 Å². The van der Waals surface area contributed by atoms with Crippen molar-refractivity contribution in [3.63, 3.8) is 0 Å². The number of carbonyl (C=O) groups is 2. The highest BCUT2D eigenvalue weighted by Crippen LogP contribution is 2.29. The second-order valence-corrected chi connectivity index (χ2v) is 3.17. The molecule has 0 bridgehead atoms. The highest BCUT2D eigenvalue weighted by atomic mass is 35.5. The van der Waals surface area contributed by atoms with Crippen LogP contribution in [0.1, 0.15) is 27.6 Å². The smallest absolute Gasteiger partial charge is 0.281 e. The molecule has 0 aliphatic carbocycles. The van der Waals surface area contributed by atoms with Crippen LogP contribution in [-0.2, 0) is 0 Å². The molecule has 0 radical (unpaired) electrons. The number of nitro benzene ring substituents is 1. The third kappa shape index (κ3) is 2.02. The van der Waals surface area contributed by atoms with E-state index < -0.39 is 16.4 Å². The molecule has 0 saturated heterocycles. The largest absolute Gasteiger partial charge is 0.298 e. The second kappa shape index (κ2) is 4.18. The second-order valence-electron chi connectivity index (χ2n) is 2.79. The van der Waals surface area contributed by atoms with Gasteiger partial charge in [0, 0.05) is 11.6 Å². The standard InChI is InChI=1S/C9H6ClNO4/c1-5(13)8-7(11(14)15)3-2-6(4-12)9(8)10/h2-4H,1H3. The van der Waals surface area contributed by atoms with Crippen LogP contribution in [0.5, 0.6) is 0 Å². The number of ketones is 1. The van der Waals surface area contributed by atoms with Crippen LogP contribution in [-0.4, -0.2) is 17.0 Å². The molecule has 0 aliphatic rings. The van der Waals surface area contributed by atoms with Gasteiger partial charge in [0.05, 0.1) is 9.95 Å². The first-order valence-electron chi connectivity index (χ1n) is 3.92. The summed E-state index contributed by atoms with van der Waals surface area (Å²) in [6, 6.07) is 2.30. The number of hydrogen-bond acceptors (Lipinski definition) is 4. The van der Waals surface area contributed by atoms with Crippen LogP contribution < -0.4 is 0 Å². The SMILES string of the molecule is CC(=O)c1c([N+](=O)[O-])ccc(C=O)c1Cl. The summed E-state index contributed by atoms with van der Waals surface area (Å²) in [4.78, 5) is 31.5. The van der Waals surface area contributed by atoms with Gasteiger partial charge in [-0.05, 0) is 13.0 Å². The van der Waals surface area contributed by atoms with Crippen molar-refractivity contribution < 1.29 is 14.5 Å². The maximum Gasteiger partial charge on any atom is 0.281 e. The molecule has 0 saturated carbocycles. The van der Waals surface area contributed by atoms with Crippen LogP contribution in [0.3, 0.4) is 0 Å². The molecular weight excluding hydrogens is 222 g/mol. The number of rotatable bonds is 3. The molecule has 0 aromatic heterocycles. The summed E-state index contributed by atoms with van der Waals surface area (Å²) in [5.74, 6) is -0.546. The molecule has 0 N–H and O–H groups in total. The lowest BCUT2D eigenvalue weighted by Gasteiger charge is -2.03. The van der Waals surface area contributed by atoms with Crippen LogP contribution in [0.2, 0.25) is 5.02 Å². The minimum absolute atomic E-state index is 0.0625. The Hall–Kier alpha value is -1.75. The number of aldehydes is 1. The third-order valence-corrected chi connectivity index (χ3v) is 2.23. The van der Waals surface area contributed by atoms with E-state index in [1.807, 2.05) is 0 Å². The zero-order valence-corrected chi connectivity index (χ0v) is 8.45. The van der Waals surface area contributed by atoms with Gasteiger partial charge in [-0.1, -0.05) is 11.6 Å². The average Bonchev–Trinajstić information content (AvgIpc) is 2.16. The van der Waals surface area contributed by atoms with Gasteiger partial charge in [-0.3, -0.25) is 19.7 Å². The van der Waals surface area contributed by atoms with Crippen molar-refractivity contribution in [1.82, 2.24) is 0 Å². The Morgan fingerprint density at radius 1 is 1.53 bits per heavy atom. The third-order valence-electron chi connectivity index (χ3n) is 1.83. The molecule has 1 aromatic carbocycles. The fraction of sp³-hybridized carbons (Fsp3) is 0.111. The fourth-order valence-corrected chi connectivity index (χ4v) is 1.50. The summed E-state index contributed by atoms with van der Waals surface area (Å²) < 4.78 is 0. The number of hydrogen-bond donors (Lipinski definition) is 0. The lowest BCUT2D eigenvalue weighted by Crippen LogP contribution is -2.03. The van der Waals surface area contributed by atoms with E-state index >= 15 is 0 Å². The van der Waals surface area contributed by atoms with E-state index in [0.29, 0.717) is 6.29 Å². The van der Waals surface area contributed by atoms with Gasteiger partial charge in [-0.2, -0.15) is 0 Å². The first-order valence-corrected chi connectivity index (χ1v) is 4.29. The molecule has 0 spiro atoms. The monoisotopic (exact) mass is 227 g/mol. The van der Waals surface area contributed by atoms with Crippen molar-refractivity contribution in [1.29, 1.82) is 0 Å². The van der Waals surface area contributed by atoms with E-state index in [2.05, 4.69) is 0 Å². The Labute approximate surface area is 89.8 Å². The van der Waals surface area contributed by atoms with E-state index in [9.17, 15) is 19.7 Å². The van der Waals surface area contributed by atoms with Gasteiger partial charge in [0.15, 0.2) is 12.1 Å². The zero-order chi connectivity index (χ0) is 11.6. The van der Waals surface area contributed by atoms with Crippen molar-refractivity contribution in [2.75, 3.05) is 0 Å². The molecule has 15 heavy (non-hydrogen) atoms. The summed E-state index contributed by atoms with van der Waals surface area (Å²) in [6.45, 7) is 1.16. The van der Waals surface area contributed by atoms with Crippen molar-refractivity contribution in [3.05, 3.63) is 38.4 Å². The number of Topliss-reactive ketones (excluding diaryl/α,β-unsaturated/α-hetero) is 1. The Morgan fingerprint density at radius 3 is 2.53 bits per heavy atom. The van der Waals surface area contributed by atoms with Crippen molar-refractivity contribution in [2.24, 2.45) is 0 Å². The molecule has 0 heterocycles. The van der Waals surface area contributed by atoms with E-state index in [4.69, 9.17) is 11.6 Å². The molecular formula is C9H6ClNO4. The van der Waals surface area contributed by atoms with Crippen LogP contribution >= 0.6 is 11.6 Å². The van der Waals surface area contributed by atoms with Gasteiger partial charge in [0.25, 0.3) is 5.69 Å². The number of benzene rings is 1. The van der Waals surface area contributed by atoms with Crippen LogP contribution in [0.4, 0.5) is 5.69 Å². The zero-order valence-electron chi connectivity index (χ0n) is 7.69. The minimum Gasteiger partial charge on any atom is -0.298 e. The van der Waals surface area contributed by atoms with E-state index in [0.717, 1.165) is 13.0 Å². The van der Waals surface area contributed by atoms with Gasteiger partial charge in [0.2, 0.25) is 0 Å². The minimum atomic E-state index is -0.711. The molecule has 0 atom stereocenters. The summed E-state index contributed by atoms with van der Waals surface area (Å²) in [5, 5.41) is 10.4. The highest BCUT2D eigenvalue weighted by molar-refractivity contribution is 6.36. The van der Waals surface area contributed by atoms with Crippen LogP contribution in [0.15, 0.2) is 12.1 Å². The number of nitrogens with zero attached hydrogens (tertiary/aromatic N) is 1. The predicted molar refractivity (Wildman–Crippen MR) is 53.5 cm³/mol. The topological polar surface area (TPSA) is 77.3 Å². The molecule has 78 valence electrons. The summed E-state index contributed by atoms with van der Waals surface area (Å²) in [6.07, 6.45) is 0.443. The summed E-state index contributed by atoms with van der Waals surface area (Å²) in [5.41, 5.74) is -0.558. The molecule has 1 rings (SSSR count). The Bertz CT molecular complexity index is 456. The van der Waals surface area contributed by atoms with Crippen LogP contribution in [0, 0.1) is 10.1 Å². The van der Waals surface area contributed by atoms with Crippen molar-refractivity contribution in [3.8, 4) is 0 Å². The van der Waals surface area contributed by atoms with Crippen molar-refractivity contribution >= 4 is 29.4 Å². The molecule has 6 heteroatoms. The lowest BCUT2D eigenvalue weighted by atomic mass is 10.1. The molecule has 5 nitrogen and oxygen atoms in total. The fourth-order valence-electron chi connectivity index (χ4n) is 1.16. The van der Waals surface area contributed by atoms with E-state index in [-0.39, 0.29) is 16.1 Å². The first-order chi connectivity index (χ1) is 6.99. The molecule has 1 aromatic rings. The van der Waals surface area contributed by atoms with E-state index in [1.54, 1.807) is 0 Å². The predicted octanol–water partition coefficient (Wildman–Crippen LogP) is 2.26. The molecule has 0 fully saturated rings. The number of halogens is 1. The summed E-state index contributed by atoms with van der Waals surface area (Å²) in [7, 11) is 0. The maximum atomic E-state index is 11.2. The van der Waals surface area contributed by atoms with Gasteiger partial charge in [0.1, 0.15) is 5.56 Å². The molecule has 0 aliphatic heterocycles. The molecule has 0 amide bonds. The van der Waals surface area contributed by atoms with Gasteiger partial charge in [-0.25, -0.2) is 0 Å². The normalized spacial score (nSPS) is 9.73.